The molecule has 154 valence electrons. The SMILES string of the molecule is COc1ccc(/C=C/C(=O)c2ccc(N3CCOCC3)cc2)cc1Cn1cccn1. The van der Waals surface area contributed by atoms with Crippen LogP contribution in [0.2, 0.25) is 0 Å². The van der Waals surface area contributed by atoms with Gasteiger partial charge in [-0.15, -0.1) is 0 Å². The Labute approximate surface area is 176 Å². The van der Waals surface area contributed by atoms with Crippen molar-refractivity contribution in [3.63, 3.8) is 0 Å². The number of ether oxygens (including phenoxy) is 2. The van der Waals surface area contributed by atoms with Gasteiger partial charge in [0, 0.05) is 42.3 Å². The fourth-order valence-corrected chi connectivity index (χ4v) is 3.52. The van der Waals surface area contributed by atoms with Crippen LogP contribution in [0, 0.1) is 0 Å². The zero-order chi connectivity index (χ0) is 20.8. The van der Waals surface area contributed by atoms with Crippen LogP contribution < -0.4 is 9.64 Å². The van der Waals surface area contributed by atoms with Gasteiger partial charge in [0.2, 0.25) is 0 Å². The Hall–Kier alpha value is -3.38. The first-order chi connectivity index (χ1) is 14.7. The number of rotatable bonds is 7. The molecule has 1 fully saturated rings. The molecule has 4 rings (SSSR count). The van der Waals surface area contributed by atoms with E-state index in [0.29, 0.717) is 12.1 Å². The fourth-order valence-electron chi connectivity index (χ4n) is 3.52. The van der Waals surface area contributed by atoms with Gasteiger partial charge < -0.3 is 14.4 Å². The molecule has 1 aliphatic rings. The minimum absolute atomic E-state index is 0.0204. The molecule has 6 nitrogen and oxygen atoms in total. The monoisotopic (exact) mass is 403 g/mol. The summed E-state index contributed by atoms with van der Waals surface area (Å²) in [5.41, 5.74) is 3.74. The number of carbonyl (C=O) groups is 1. The lowest BCUT2D eigenvalue weighted by Gasteiger charge is -2.28. The highest BCUT2D eigenvalue weighted by Crippen LogP contribution is 2.22. The van der Waals surface area contributed by atoms with Gasteiger partial charge in [-0.25, -0.2) is 0 Å². The molecule has 0 amide bonds. The molecule has 1 aliphatic heterocycles. The van der Waals surface area contributed by atoms with Gasteiger partial charge in [0.05, 0.1) is 26.9 Å². The first kappa shape index (κ1) is 19.9. The first-order valence-electron chi connectivity index (χ1n) is 10.0. The van der Waals surface area contributed by atoms with Crippen LogP contribution in [0.15, 0.2) is 67.0 Å². The van der Waals surface area contributed by atoms with E-state index >= 15 is 0 Å². The van der Waals surface area contributed by atoms with Crippen LogP contribution in [-0.2, 0) is 11.3 Å². The van der Waals surface area contributed by atoms with E-state index in [4.69, 9.17) is 9.47 Å². The second kappa shape index (κ2) is 9.41. The first-order valence-corrected chi connectivity index (χ1v) is 10.0. The Morgan fingerprint density at radius 3 is 2.67 bits per heavy atom. The number of anilines is 1. The van der Waals surface area contributed by atoms with Crippen molar-refractivity contribution in [1.29, 1.82) is 0 Å². The van der Waals surface area contributed by atoms with Crippen molar-refractivity contribution < 1.29 is 14.3 Å². The van der Waals surface area contributed by atoms with Crippen molar-refractivity contribution in [2.75, 3.05) is 38.3 Å². The average molecular weight is 403 g/mol. The number of aromatic nitrogens is 2. The Balaban J connectivity index is 1.45. The smallest absolute Gasteiger partial charge is 0.185 e. The molecule has 0 radical (unpaired) electrons. The number of methoxy groups -OCH3 is 1. The average Bonchev–Trinajstić information content (AvgIpc) is 3.31. The summed E-state index contributed by atoms with van der Waals surface area (Å²) in [6.07, 6.45) is 7.11. The number of ketones is 1. The minimum atomic E-state index is -0.0204. The van der Waals surface area contributed by atoms with Gasteiger partial charge in [-0.05, 0) is 54.1 Å². The van der Waals surface area contributed by atoms with Gasteiger partial charge in [-0.2, -0.15) is 5.10 Å². The van der Waals surface area contributed by atoms with Crippen LogP contribution in [0.5, 0.6) is 5.75 Å². The molecule has 0 unspecified atom stereocenters. The highest BCUT2D eigenvalue weighted by Gasteiger charge is 2.11. The number of carbonyl (C=O) groups excluding carboxylic acids is 1. The maximum Gasteiger partial charge on any atom is 0.185 e. The van der Waals surface area contributed by atoms with E-state index in [-0.39, 0.29) is 5.78 Å². The molecule has 0 aliphatic carbocycles. The second-order valence-electron chi connectivity index (χ2n) is 7.12. The lowest BCUT2D eigenvalue weighted by atomic mass is 10.1. The number of allylic oxidation sites excluding steroid dienone is 1. The lowest BCUT2D eigenvalue weighted by molar-refractivity contribution is 0.104. The van der Waals surface area contributed by atoms with E-state index in [1.807, 2.05) is 65.5 Å². The van der Waals surface area contributed by atoms with Gasteiger partial charge in [-0.3, -0.25) is 9.48 Å². The van der Waals surface area contributed by atoms with Gasteiger partial charge in [-0.1, -0.05) is 12.1 Å². The van der Waals surface area contributed by atoms with Crippen molar-refractivity contribution in [3.8, 4) is 5.75 Å². The molecule has 1 saturated heterocycles. The summed E-state index contributed by atoms with van der Waals surface area (Å²) in [6, 6.07) is 15.5. The van der Waals surface area contributed by atoms with Crippen LogP contribution in [0.25, 0.3) is 6.08 Å². The maximum atomic E-state index is 12.6. The molecular formula is C24H25N3O3. The third-order valence-electron chi connectivity index (χ3n) is 5.15. The Kier molecular flexibility index (Phi) is 6.25. The summed E-state index contributed by atoms with van der Waals surface area (Å²) in [7, 11) is 1.65. The Morgan fingerprint density at radius 1 is 1.17 bits per heavy atom. The highest BCUT2D eigenvalue weighted by atomic mass is 16.5. The fraction of sp³-hybridized carbons (Fsp3) is 0.250. The summed E-state index contributed by atoms with van der Waals surface area (Å²) >= 11 is 0. The lowest BCUT2D eigenvalue weighted by Crippen LogP contribution is -2.36. The summed E-state index contributed by atoms with van der Waals surface area (Å²) in [5.74, 6) is 0.778. The molecule has 6 heteroatoms. The zero-order valence-electron chi connectivity index (χ0n) is 17.0. The maximum absolute atomic E-state index is 12.6. The third kappa shape index (κ3) is 4.78. The Morgan fingerprint density at radius 2 is 1.97 bits per heavy atom. The van der Waals surface area contributed by atoms with Crippen molar-refractivity contribution in [2.45, 2.75) is 6.54 Å². The number of nitrogens with zero attached hydrogens (tertiary/aromatic N) is 3. The minimum Gasteiger partial charge on any atom is -0.496 e. The predicted octanol–water partition coefficient (Wildman–Crippen LogP) is 3.67. The number of hydrogen-bond donors (Lipinski definition) is 0. The van der Waals surface area contributed by atoms with Gasteiger partial charge >= 0.3 is 0 Å². The van der Waals surface area contributed by atoms with E-state index in [0.717, 1.165) is 48.9 Å². The molecule has 0 bridgehead atoms. The number of morpholine rings is 1. The summed E-state index contributed by atoms with van der Waals surface area (Å²) < 4.78 is 12.7. The van der Waals surface area contributed by atoms with Crippen LogP contribution in [-0.4, -0.2) is 49.0 Å². The topological polar surface area (TPSA) is 56.6 Å². The molecule has 2 aromatic carbocycles. The summed E-state index contributed by atoms with van der Waals surface area (Å²) in [6.45, 7) is 3.85. The van der Waals surface area contributed by atoms with E-state index in [1.165, 1.54) is 0 Å². The summed E-state index contributed by atoms with van der Waals surface area (Å²) in [5, 5.41) is 4.25. The van der Waals surface area contributed by atoms with E-state index in [9.17, 15) is 4.79 Å². The van der Waals surface area contributed by atoms with Crippen molar-refractivity contribution in [1.82, 2.24) is 9.78 Å². The highest BCUT2D eigenvalue weighted by molar-refractivity contribution is 6.07. The second-order valence-corrected chi connectivity index (χ2v) is 7.12. The van der Waals surface area contributed by atoms with Crippen LogP contribution in [0.3, 0.4) is 0 Å². The van der Waals surface area contributed by atoms with Gasteiger partial charge in [0.1, 0.15) is 5.75 Å². The Bertz CT molecular complexity index is 1000. The molecule has 0 spiro atoms. The molecule has 2 heterocycles. The predicted molar refractivity (Wildman–Crippen MR) is 117 cm³/mol. The van der Waals surface area contributed by atoms with Gasteiger partial charge in [0.15, 0.2) is 5.78 Å². The molecule has 30 heavy (non-hydrogen) atoms. The van der Waals surface area contributed by atoms with Crippen LogP contribution in [0.4, 0.5) is 5.69 Å². The molecule has 0 N–H and O–H groups in total. The van der Waals surface area contributed by atoms with Crippen LogP contribution in [0.1, 0.15) is 21.5 Å². The zero-order valence-corrected chi connectivity index (χ0v) is 17.0. The quantitative estimate of drug-likeness (QED) is 0.445. The molecule has 0 saturated carbocycles. The number of hydrogen-bond acceptors (Lipinski definition) is 5. The largest absolute Gasteiger partial charge is 0.496 e. The third-order valence-corrected chi connectivity index (χ3v) is 5.15. The van der Waals surface area contributed by atoms with Crippen molar-refractivity contribution in [2.24, 2.45) is 0 Å². The van der Waals surface area contributed by atoms with E-state index in [2.05, 4.69) is 10.00 Å². The van der Waals surface area contributed by atoms with Crippen molar-refractivity contribution >= 4 is 17.5 Å². The van der Waals surface area contributed by atoms with Gasteiger partial charge in [0.25, 0.3) is 0 Å². The molecular weight excluding hydrogens is 378 g/mol. The normalized spacial score (nSPS) is 14.2. The van der Waals surface area contributed by atoms with E-state index in [1.54, 1.807) is 19.4 Å². The van der Waals surface area contributed by atoms with Crippen molar-refractivity contribution in [3.05, 3.63) is 83.7 Å². The molecule has 0 atom stereocenters. The van der Waals surface area contributed by atoms with Crippen LogP contribution >= 0.6 is 0 Å². The standard InChI is InChI=1S/C24H25N3O3/c1-29-24-10-4-19(17-21(24)18-27-12-2-11-25-27)3-9-23(28)20-5-7-22(8-6-20)26-13-15-30-16-14-26/h2-12,17H,13-16,18H2,1H3/b9-3+. The summed E-state index contributed by atoms with van der Waals surface area (Å²) in [4.78, 5) is 14.9. The molecule has 3 aromatic rings. The van der Waals surface area contributed by atoms with E-state index < -0.39 is 0 Å². The number of benzene rings is 2. The molecule has 1 aromatic heterocycles.